The molecule has 0 aliphatic heterocycles. The predicted octanol–water partition coefficient (Wildman–Crippen LogP) is 2.14. The first-order chi connectivity index (χ1) is 7.97. The Balaban J connectivity index is 2.51. The van der Waals surface area contributed by atoms with E-state index in [1.165, 1.54) is 5.56 Å². The Bertz CT molecular complexity index is 348. The molecule has 1 aromatic rings. The summed E-state index contributed by atoms with van der Waals surface area (Å²) in [6, 6.07) is 4.07. The van der Waals surface area contributed by atoms with Gasteiger partial charge in [0.1, 0.15) is 0 Å². The Morgan fingerprint density at radius 1 is 1.47 bits per heavy atom. The predicted molar refractivity (Wildman–Crippen MR) is 70.8 cm³/mol. The zero-order chi connectivity index (χ0) is 12.9. The zero-order valence-electron chi connectivity index (χ0n) is 11.3. The van der Waals surface area contributed by atoms with Crippen molar-refractivity contribution in [1.29, 1.82) is 0 Å². The molecule has 0 spiro atoms. The minimum absolute atomic E-state index is 0.240. The summed E-state index contributed by atoms with van der Waals surface area (Å²) < 4.78 is 0. The number of hydrogen-bond acceptors (Lipinski definition) is 3. The van der Waals surface area contributed by atoms with Crippen LogP contribution in [0.15, 0.2) is 18.3 Å². The standard InChI is InChI=1S/C14H24N2O/c1-5-12-7-6-8-16-13(12)9-15-10-14(4,17)11(2)3/h6-8,11,15,17H,5,9-10H2,1-4H3. The Morgan fingerprint density at radius 3 is 2.76 bits per heavy atom. The Kier molecular flexibility index (Phi) is 5.09. The molecule has 0 aliphatic carbocycles. The lowest BCUT2D eigenvalue weighted by Gasteiger charge is -2.28. The van der Waals surface area contributed by atoms with Crippen molar-refractivity contribution in [1.82, 2.24) is 10.3 Å². The summed E-state index contributed by atoms with van der Waals surface area (Å²) in [4.78, 5) is 4.37. The fraction of sp³-hybridized carbons (Fsp3) is 0.643. The average molecular weight is 236 g/mol. The quantitative estimate of drug-likeness (QED) is 0.795. The van der Waals surface area contributed by atoms with E-state index in [0.29, 0.717) is 13.1 Å². The Labute approximate surface area is 104 Å². The highest BCUT2D eigenvalue weighted by atomic mass is 16.3. The molecule has 1 atom stereocenters. The lowest BCUT2D eigenvalue weighted by atomic mass is 9.92. The SMILES string of the molecule is CCc1cccnc1CNCC(C)(O)C(C)C. The van der Waals surface area contributed by atoms with E-state index in [1.807, 2.05) is 33.0 Å². The van der Waals surface area contributed by atoms with Gasteiger partial charge in [0.05, 0.1) is 11.3 Å². The van der Waals surface area contributed by atoms with Gasteiger partial charge in [-0.3, -0.25) is 4.98 Å². The Hall–Kier alpha value is -0.930. The number of pyridine rings is 1. The van der Waals surface area contributed by atoms with Crippen molar-refractivity contribution >= 4 is 0 Å². The molecule has 3 nitrogen and oxygen atoms in total. The van der Waals surface area contributed by atoms with Crippen molar-refractivity contribution in [3.05, 3.63) is 29.6 Å². The van der Waals surface area contributed by atoms with Crippen LogP contribution in [-0.2, 0) is 13.0 Å². The van der Waals surface area contributed by atoms with E-state index in [9.17, 15) is 5.11 Å². The molecule has 0 fully saturated rings. The molecule has 0 amide bonds. The topological polar surface area (TPSA) is 45.2 Å². The van der Waals surface area contributed by atoms with Crippen molar-refractivity contribution in [3.63, 3.8) is 0 Å². The molecule has 1 heterocycles. The summed E-state index contributed by atoms with van der Waals surface area (Å²) in [5.41, 5.74) is 1.68. The number of nitrogens with one attached hydrogen (secondary N) is 1. The molecule has 0 saturated carbocycles. The second-order valence-electron chi connectivity index (χ2n) is 5.08. The van der Waals surface area contributed by atoms with Gasteiger partial charge in [0, 0.05) is 19.3 Å². The molecular weight excluding hydrogens is 212 g/mol. The van der Waals surface area contributed by atoms with Gasteiger partial charge in [-0.2, -0.15) is 0 Å². The minimum Gasteiger partial charge on any atom is -0.389 e. The van der Waals surface area contributed by atoms with Gasteiger partial charge in [-0.05, 0) is 30.9 Å². The van der Waals surface area contributed by atoms with Gasteiger partial charge in [0.2, 0.25) is 0 Å². The molecular formula is C14H24N2O. The smallest absolute Gasteiger partial charge is 0.0766 e. The molecule has 17 heavy (non-hydrogen) atoms. The second kappa shape index (κ2) is 6.12. The fourth-order valence-electron chi connectivity index (χ4n) is 1.59. The van der Waals surface area contributed by atoms with Crippen LogP contribution < -0.4 is 5.32 Å². The molecule has 1 aromatic heterocycles. The van der Waals surface area contributed by atoms with E-state index >= 15 is 0 Å². The Morgan fingerprint density at radius 2 is 2.18 bits per heavy atom. The van der Waals surface area contributed by atoms with Crippen LogP contribution in [0.25, 0.3) is 0 Å². The van der Waals surface area contributed by atoms with Gasteiger partial charge >= 0.3 is 0 Å². The zero-order valence-corrected chi connectivity index (χ0v) is 11.3. The second-order valence-corrected chi connectivity index (χ2v) is 5.08. The van der Waals surface area contributed by atoms with E-state index < -0.39 is 5.60 Å². The molecule has 0 saturated heterocycles. The van der Waals surface area contributed by atoms with Gasteiger partial charge in [-0.15, -0.1) is 0 Å². The molecule has 1 rings (SSSR count). The lowest BCUT2D eigenvalue weighted by molar-refractivity contribution is 0.0139. The molecule has 1 unspecified atom stereocenters. The van der Waals surface area contributed by atoms with Gasteiger partial charge < -0.3 is 10.4 Å². The number of nitrogens with zero attached hydrogens (tertiary/aromatic N) is 1. The molecule has 0 bridgehead atoms. The molecule has 0 aliphatic rings. The summed E-state index contributed by atoms with van der Waals surface area (Å²) in [5, 5.41) is 13.4. The van der Waals surface area contributed by atoms with E-state index in [4.69, 9.17) is 0 Å². The van der Waals surface area contributed by atoms with E-state index in [-0.39, 0.29) is 5.92 Å². The summed E-state index contributed by atoms with van der Waals surface area (Å²) in [6.45, 7) is 9.35. The van der Waals surface area contributed by atoms with Crippen LogP contribution in [0.5, 0.6) is 0 Å². The first kappa shape index (κ1) is 14.1. The highest BCUT2D eigenvalue weighted by molar-refractivity contribution is 5.19. The van der Waals surface area contributed by atoms with E-state index in [0.717, 1.165) is 12.1 Å². The maximum absolute atomic E-state index is 10.1. The van der Waals surface area contributed by atoms with Crippen molar-refractivity contribution in [2.24, 2.45) is 5.92 Å². The van der Waals surface area contributed by atoms with Crippen LogP contribution >= 0.6 is 0 Å². The third kappa shape index (κ3) is 4.10. The lowest BCUT2D eigenvalue weighted by Crippen LogP contribution is -2.42. The van der Waals surface area contributed by atoms with E-state index in [1.54, 1.807) is 0 Å². The van der Waals surface area contributed by atoms with Crippen molar-refractivity contribution in [3.8, 4) is 0 Å². The maximum atomic E-state index is 10.1. The maximum Gasteiger partial charge on any atom is 0.0766 e. The van der Waals surface area contributed by atoms with Crippen LogP contribution in [0.4, 0.5) is 0 Å². The van der Waals surface area contributed by atoms with Crippen LogP contribution in [0.1, 0.15) is 39.0 Å². The van der Waals surface area contributed by atoms with Gasteiger partial charge in [-0.1, -0.05) is 26.8 Å². The minimum atomic E-state index is -0.666. The van der Waals surface area contributed by atoms with Crippen molar-refractivity contribution in [2.45, 2.75) is 46.3 Å². The molecule has 96 valence electrons. The van der Waals surface area contributed by atoms with Crippen molar-refractivity contribution in [2.75, 3.05) is 6.54 Å². The molecule has 0 aromatic carbocycles. The van der Waals surface area contributed by atoms with Gasteiger partial charge in [0.25, 0.3) is 0 Å². The van der Waals surface area contributed by atoms with Crippen molar-refractivity contribution < 1.29 is 5.11 Å². The van der Waals surface area contributed by atoms with Gasteiger partial charge in [-0.25, -0.2) is 0 Å². The molecule has 3 heteroatoms. The third-order valence-electron chi connectivity index (χ3n) is 3.38. The van der Waals surface area contributed by atoms with Crippen LogP contribution in [0, 0.1) is 5.92 Å². The fourth-order valence-corrected chi connectivity index (χ4v) is 1.59. The van der Waals surface area contributed by atoms with Gasteiger partial charge in [0.15, 0.2) is 0 Å². The number of rotatable bonds is 6. The first-order valence-corrected chi connectivity index (χ1v) is 6.33. The summed E-state index contributed by atoms with van der Waals surface area (Å²) in [7, 11) is 0. The summed E-state index contributed by atoms with van der Waals surface area (Å²) >= 11 is 0. The number of aryl methyl sites for hydroxylation is 1. The highest BCUT2D eigenvalue weighted by Gasteiger charge is 2.24. The highest BCUT2D eigenvalue weighted by Crippen LogP contribution is 2.15. The summed E-state index contributed by atoms with van der Waals surface area (Å²) in [5.74, 6) is 0.240. The third-order valence-corrected chi connectivity index (χ3v) is 3.38. The summed E-state index contributed by atoms with van der Waals surface area (Å²) in [6.07, 6.45) is 2.81. The number of aromatic nitrogens is 1. The number of hydrogen-bond donors (Lipinski definition) is 2. The average Bonchev–Trinajstić information content (AvgIpc) is 2.29. The van der Waals surface area contributed by atoms with Crippen LogP contribution in [-0.4, -0.2) is 22.2 Å². The number of aliphatic hydroxyl groups is 1. The van der Waals surface area contributed by atoms with E-state index in [2.05, 4.69) is 23.3 Å². The van der Waals surface area contributed by atoms with Crippen LogP contribution in [0.3, 0.4) is 0 Å². The molecule has 2 N–H and O–H groups in total. The largest absolute Gasteiger partial charge is 0.389 e. The first-order valence-electron chi connectivity index (χ1n) is 6.33. The normalized spacial score (nSPS) is 14.9. The monoisotopic (exact) mass is 236 g/mol. The molecule has 0 radical (unpaired) electrons. The van der Waals surface area contributed by atoms with Crippen LogP contribution in [0.2, 0.25) is 0 Å².